The Morgan fingerprint density at radius 1 is 1.13 bits per heavy atom. The Morgan fingerprint density at radius 2 is 1.87 bits per heavy atom. The highest BCUT2D eigenvalue weighted by atomic mass is 16.3. The van der Waals surface area contributed by atoms with E-state index < -0.39 is 6.10 Å². The Bertz CT molecular complexity index is 490. The molecule has 0 saturated carbocycles. The van der Waals surface area contributed by atoms with Gasteiger partial charge in [0, 0.05) is 18.3 Å². The van der Waals surface area contributed by atoms with E-state index >= 15 is 0 Å². The lowest BCUT2D eigenvalue weighted by Gasteiger charge is -2.10. The number of hydrogen-bond acceptors (Lipinski definition) is 2. The van der Waals surface area contributed by atoms with E-state index in [9.17, 15) is 9.90 Å². The topological polar surface area (TPSA) is 53.1 Å². The molecule has 1 atom stereocenters. The first kappa shape index (κ1) is 9.68. The summed E-state index contributed by atoms with van der Waals surface area (Å²) < 4.78 is 0. The lowest BCUT2D eigenvalue weighted by atomic mass is 10.1. The van der Waals surface area contributed by atoms with Gasteiger partial charge < -0.3 is 10.1 Å². The van der Waals surface area contributed by atoms with Crippen LogP contribution in [0.2, 0.25) is 0 Å². The maximum Gasteiger partial charge on any atom is 0.181 e. The fourth-order valence-electron chi connectivity index (χ4n) is 1.44. The number of aromatic amines is 1. The summed E-state index contributed by atoms with van der Waals surface area (Å²) in [5.74, 6) is 0. The Balaban J connectivity index is 2.37. The molecule has 0 fully saturated rings. The number of nitrogens with one attached hydrogen (secondary N) is 1. The number of benzene rings is 1. The minimum absolute atomic E-state index is 0.112. The Kier molecular flexibility index (Phi) is 2.65. The monoisotopic (exact) mass is 201 g/mol. The van der Waals surface area contributed by atoms with Crippen LogP contribution in [0.3, 0.4) is 0 Å². The molecule has 2 N–H and O–H groups in total. The normalized spacial score (nSPS) is 12.3. The molecular formula is C12H11NO2. The summed E-state index contributed by atoms with van der Waals surface area (Å²) in [6, 6.07) is 12.0. The van der Waals surface area contributed by atoms with Crippen LogP contribution in [0.5, 0.6) is 0 Å². The summed E-state index contributed by atoms with van der Waals surface area (Å²) >= 11 is 0. The molecule has 15 heavy (non-hydrogen) atoms. The van der Waals surface area contributed by atoms with Crippen LogP contribution in [-0.4, -0.2) is 10.1 Å². The Morgan fingerprint density at radius 3 is 2.53 bits per heavy atom. The van der Waals surface area contributed by atoms with Gasteiger partial charge in [-0.05, 0) is 5.56 Å². The third kappa shape index (κ3) is 2.14. The average Bonchev–Trinajstić information content (AvgIpc) is 2.29. The quantitative estimate of drug-likeness (QED) is 0.772. The van der Waals surface area contributed by atoms with Gasteiger partial charge in [-0.15, -0.1) is 0 Å². The second-order valence-corrected chi connectivity index (χ2v) is 3.29. The molecule has 0 spiro atoms. The van der Waals surface area contributed by atoms with Gasteiger partial charge in [0.15, 0.2) is 5.43 Å². The number of hydrogen-bond donors (Lipinski definition) is 2. The van der Waals surface area contributed by atoms with E-state index in [0.717, 1.165) is 5.56 Å². The number of aliphatic hydroxyl groups is 1. The maximum atomic E-state index is 11.1. The summed E-state index contributed by atoms with van der Waals surface area (Å²) in [7, 11) is 0. The van der Waals surface area contributed by atoms with Gasteiger partial charge in [-0.25, -0.2) is 0 Å². The van der Waals surface area contributed by atoms with E-state index in [1.54, 1.807) is 0 Å². The van der Waals surface area contributed by atoms with Crippen molar-refractivity contribution < 1.29 is 5.11 Å². The number of aromatic nitrogens is 1. The number of H-pyrrole nitrogens is 1. The van der Waals surface area contributed by atoms with Crippen LogP contribution in [0.4, 0.5) is 0 Å². The zero-order valence-electron chi connectivity index (χ0n) is 8.05. The van der Waals surface area contributed by atoms with Crippen molar-refractivity contribution in [2.75, 3.05) is 0 Å². The molecular weight excluding hydrogens is 190 g/mol. The maximum absolute atomic E-state index is 11.1. The summed E-state index contributed by atoms with van der Waals surface area (Å²) in [4.78, 5) is 14.0. The van der Waals surface area contributed by atoms with Crippen molar-refractivity contribution in [3.63, 3.8) is 0 Å². The minimum atomic E-state index is -0.778. The van der Waals surface area contributed by atoms with Crippen molar-refractivity contribution in [2.24, 2.45) is 0 Å². The van der Waals surface area contributed by atoms with Crippen LogP contribution in [-0.2, 0) is 0 Å². The van der Waals surface area contributed by atoms with Gasteiger partial charge in [-0.1, -0.05) is 30.3 Å². The van der Waals surface area contributed by atoms with E-state index in [1.165, 1.54) is 18.3 Å². The van der Waals surface area contributed by atoms with Crippen LogP contribution in [0.25, 0.3) is 0 Å². The summed E-state index contributed by atoms with van der Waals surface area (Å²) in [5, 5.41) is 9.95. The molecule has 0 aliphatic heterocycles. The summed E-state index contributed by atoms with van der Waals surface area (Å²) in [6.45, 7) is 0. The second kappa shape index (κ2) is 4.11. The molecule has 1 unspecified atom stereocenters. The fourth-order valence-corrected chi connectivity index (χ4v) is 1.44. The summed E-state index contributed by atoms with van der Waals surface area (Å²) in [5.41, 5.74) is 1.16. The van der Waals surface area contributed by atoms with Crippen molar-refractivity contribution >= 4 is 0 Å². The van der Waals surface area contributed by atoms with Gasteiger partial charge in [0.05, 0.1) is 5.69 Å². The molecule has 0 aliphatic carbocycles. The van der Waals surface area contributed by atoms with E-state index in [-0.39, 0.29) is 5.43 Å². The molecule has 0 aliphatic rings. The lowest BCUT2D eigenvalue weighted by Crippen LogP contribution is -2.07. The van der Waals surface area contributed by atoms with E-state index in [4.69, 9.17) is 0 Å². The van der Waals surface area contributed by atoms with Crippen LogP contribution >= 0.6 is 0 Å². The molecule has 76 valence electrons. The van der Waals surface area contributed by atoms with Crippen molar-refractivity contribution in [1.29, 1.82) is 0 Å². The molecule has 3 nitrogen and oxygen atoms in total. The van der Waals surface area contributed by atoms with Crippen LogP contribution in [0, 0.1) is 0 Å². The van der Waals surface area contributed by atoms with Gasteiger partial charge in [-0.3, -0.25) is 4.79 Å². The third-order valence-corrected chi connectivity index (χ3v) is 2.21. The molecule has 0 saturated heterocycles. The van der Waals surface area contributed by atoms with E-state index in [0.29, 0.717) is 5.69 Å². The first-order valence-electron chi connectivity index (χ1n) is 4.69. The standard InChI is InChI=1S/C12H11NO2/c14-10-6-7-13-11(8-10)12(15)9-4-2-1-3-5-9/h1-8,12,15H,(H,13,14). The Hall–Kier alpha value is -1.87. The zero-order chi connectivity index (χ0) is 10.7. The highest BCUT2D eigenvalue weighted by Crippen LogP contribution is 2.17. The number of aliphatic hydroxyl groups excluding tert-OH is 1. The highest BCUT2D eigenvalue weighted by molar-refractivity contribution is 5.25. The third-order valence-electron chi connectivity index (χ3n) is 2.21. The zero-order valence-corrected chi connectivity index (χ0v) is 8.05. The SMILES string of the molecule is O=c1cc[nH]c(C(O)c2ccccc2)c1. The molecule has 3 heteroatoms. The molecule has 1 aromatic heterocycles. The van der Waals surface area contributed by atoms with Crippen molar-refractivity contribution in [2.45, 2.75) is 6.10 Å². The minimum Gasteiger partial charge on any atom is -0.382 e. The second-order valence-electron chi connectivity index (χ2n) is 3.29. The smallest absolute Gasteiger partial charge is 0.181 e. The molecule has 2 rings (SSSR count). The van der Waals surface area contributed by atoms with Crippen LogP contribution in [0.1, 0.15) is 17.4 Å². The molecule has 0 amide bonds. The molecule has 0 radical (unpaired) electrons. The fraction of sp³-hybridized carbons (Fsp3) is 0.0833. The van der Waals surface area contributed by atoms with Crippen LogP contribution in [0.15, 0.2) is 53.5 Å². The highest BCUT2D eigenvalue weighted by Gasteiger charge is 2.09. The summed E-state index contributed by atoms with van der Waals surface area (Å²) in [6.07, 6.45) is 0.754. The lowest BCUT2D eigenvalue weighted by molar-refractivity contribution is 0.215. The predicted octanol–water partition coefficient (Wildman–Crippen LogP) is 1.46. The average molecular weight is 201 g/mol. The number of pyridine rings is 1. The van der Waals surface area contributed by atoms with E-state index in [2.05, 4.69) is 4.98 Å². The van der Waals surface area contributed by atoms with Crippen molar-refractivity contribution in [3.05, 3.63) is 70.1 Å². The van der Waals surface area contributed by atoms with Crippen molar-refractivity contribution in [3.8, 4) is 0 Å². The first-order chi connectivity index (χ1) is 7.27. The Labute approximate surface area is 87.0 Å². The van der Waals surface area contributed by atoms with Gasteiger partial charge in [0.1, 0.15) is 6.10 Å². The van der Waals surface area contributed by atoms with Crippen LogP contribution < -0.4 is 5.43 Å². The predicted molar refractivity (Wildman–Crippen MR) is 57.6 cm³/mol. The molecule has 1 aromatic carbocycles. The number of rotatable bonds is 2. The van der Waals surface area contributed by atoms with Gasteiger partial charge in [0.25, 0.3) is 0 Å². The largest absolute Gasteiger partial charge is 0.382 e. The van der Waals surface area contributed by atoms with Crippen molar-refractivity contribution in [1.82, 2.24) is 4.98 Å². The van der Waals surface area contributed by atoms with E-state index in [1.807, 2.05) is 30.3 Å². The van der Waals surface area contributed by atoms with Gasteiger partial charge in [-0.2, -0.15) is 0 Å². The molecule has 1 heterocycles. The van der Waals surface area contributed by atoms with Gasteiger partial charge >= 0.3 is 0 Å². The van der Waals surface area contributed by atoms with Gasteiger partial charge in [0.2, 0.25) is 0 Å². The first-order valence-corrected chi connectivity index (χ1v) is 4.69. The molecule has 0 bridgehead atoms. The molecule has 2 aromatic rings.